The topological polar surface area (TPSA) is 49.2 Å². The van der Waals surface area contributed by atoms with E-state index in [1.807, 2.05) is 24.4 Å². The zero-order valence-electron chi connectivity index (χ0n) is 15.2. The van der Waals surface area contributed by atoms with Crippen molar-refractivity contribution < 1.29 is 9.47 Å². The van der Waals surface area contributed by atoms with Crippen LogP contribution in [0, 0.1) is 5.92 Å². The molecule has 0 amide bonds. The molecule has 1 atom stereocenters. The maximum atomic E-state index is 6.49. The highest BCUT2D eigenvalue weighted by atomic mass is 35.5. The van der Waals surface area contributed by atoms with Gasteiger partial charge in [0, 0.05) is 17.8 Å². The van der Waals surface area contributed by atoms with Crippen LogP contribution >= 0.6 is 11.6 Å². The highest BCUT2D eigenvalue weighted by Gasteiger charge is 2.34. The number of pyridine rings is 1. The summed E-state index contributed by atoms with van der Waals surface area (Å²) in [7, 11) is 3.30. The number of halogens is 1. The third-order valence-corrected chi connectivity index (χ3v) is 5.42. The quantitative estimate of drug-likeness (QED) is 0.602. The molecule has 1 aliphatic rings. The highest BCUT2D eigenvalue weighted by Crippen LogP contribution is 2.45. The minimum Gasteiger partial charge on any atom is -0.497 e. The van der Waals surface area contributed by atoms with Crippen molar-refractivity contribution in [1.82, 2.24) is 14.5 Å². The van der Waals surface area contributed by atoms with Gasteiger partial charge in [-0.05, 0) is 49.4 Å². The molecule has 2 heterocycles. The fourth-order valence-electron chi connectivity index (χ4n) is 3.69. The van der Waals surface area contributed by atoms with Crippen LogP contribution in [0.4, 0.5) is 0 Å². The van der Waals surface area contributed by atoms with Crippen molar-refractivity contribution in [2.24, 2.45) is 5.92 Å². The lowest BCUT2D eigenvalue weighted by atomic mass is 10.1. The molecule has 136 valence electrons. The molecule has 1 unspecified atom stereocenters. The third-order valence-electron chi connectivity index (χ3n) is 5.11. The van der Waals surface area contributed by atoms with E-state index < -0.39 is 0 Å². The van der Waals surface area contributed by atoms with Gasteiger partial charge in [0.2, 0.25) is 0 Å². The number of benzene rings is 1. The number of rotatable bonds is 6. The van der Waals surface area contributed by atoms with Crippen LogP contribution in [0.5, 0.6) is 11.8 Å². The molecule has 1 aliphatic carbocycles. The molecule has 1 aromatic carbocycles. The van der Waals surface area contributed by atoms with Gasteiger partial charge in [-0.25, -0.2) is 0 Å². The second-order valence-corrected chi connectivity index (χ2v) is 7.06. The Morgan fingerprint density at radius 2 is 2.04 bits per heavy atom. The van der Waals surface area contributed by atoms with Crippen LogP contribution in [0.15, 0.2) is 30.5 Å². The van der Waals surface area contributed by atoms with E-state index in [9.17, 15) is 0 Å². The number of nitrogens with zero attached hydrogens (tertiary/aromatic N) is 3. The Bertz CT molecular complexity index is 950. The summed E-state index contributed by atoms with van der Waals surface area (Å²) in [6.07, 6.45) is 5.40. The molecular weight excluding hydrogens is 350 g/mol. The molecule has 3 aromatic rings. The van der Waals surface area contributed by atoms with Gasteiger partial charge in [0.05, 0.1) is 30.5 Å². The largest absolute Gasteiger partial charge is 0.497 e. The first-order valence-electron chi connectivity index (χ1n) is 8.92. The van der Waals surface area contributed by atoms with Crippen LogP contribution < -0.4 is 9.47 Å². The lowest BCUT2D eigenvalue weighted by Crippen LogP contribution is -2.11. The van der Waals surface area contributed by atoms with Gasteiger partial charge in [-0.15, -0.1) is 0 Å². The molecule has 0 saturated heterocycles. The van der Waals surface area contributed by atoms with E-state index in [0.29, 0.717) is 28.7 Å². The van der Waals surface area contributed by atoms with Gasteiger partial charge in [-0.1, -0.05) is 18.5 Å². The normalized spacial score (nSPS) is 15.2. The SMILES string of the molecule is CCC(C1CC1)n1c(OC)nc2c(-c3ccc(OC)cc3Cl)nccc21. The Morgan fingerprint density at radius 3 is 2.65 bits per heavy atom. The molecule has 1 fully saturated rings. The van der Waals surface area contributed by atoms with Crippen molar-refractivity contribution in [1.29, 1.82) is 0 Å². The van der Waals surface area contributed by atoms with Crippen LogP contribution in [-0.4, -0.2) is 28.8 Å². The maximum absolute atomic E-state index is 6.49. The molecule has 0 N–H and O–H groups in total. The summed E-state index contributed by atoms with van der Waals surface area (Å²) < 4.78 is 13.1. The molecule has 4 rings (SSSR count). The predicted octanol–water partition coefficient (Wildman–Crippen LogP) is 5.13. The minimum atomic E-state index is 0.400. The molecular formula is C20H22ClN3O2. The van der Waals surface area contributed by atoms with E-state index >= 15 is 0 Å². The van der Waals surface area contributed by atoms with E-state index in [0.717, 1.165) is 28.7 Å². The Balaban J connectivity index is 1.91. The predicted molar refractivity (Wildman–Crippen MR) is 103 cm³/mol. The number of fused-ring (bicyclic) bond motifs is 1. The van der Waals surface area contributed by atoms with Gasteiger partial charge in [-0.2, -0.15) is 4.98 Å². The Kier molecular flexibility index (Phi) is 4.49. The summed E-state index contributed by atoms with van der Waals surface area (Å²) in [5.74, 6) is 1.42. The van der Waals surface area contributed by atoms with Crippen LogP contribution in [-0.2, 0) is 0 Å². The molecule has 2 aromatic heterocycles. The summed E-state index contributed by atoms with van der Waals surface area (Å²) >= 11 is 6.49. The van der Waals surface area contributed by atoms with Gasteiger partial charge < -0.3 is 9.47 Å². The summed E-state index contributed by atoms with van der Waals surface area (Å²) in [6.45, 7) is 2.22. The van der Waals surface area contributed by atoms with Gasteiger partial charge in [-0.3, -0.25) is 9.55 Å². The van der Waals surface area contributed by atoms with Gasteiger partial charge in [0.15, 0.2) is 0 Å². The number of hydrogen-bond donors (Lipinski definition) is 0. The van der Waals surface area contributed by atoms with Crippen molar-refractivity contribution in [2.45, 2.75) is 32.2 Å². The van der Waals surface area contributed by atoms with Gasteiger partial charge >= 0.3 is 0 Å². The minimum absolute atomic E-state index is 0.400. The van der Waals surface area contributed by atoms with E-state index in [-0.39, 0.29) is 0 Å². The first kappa shape index (κ1) is 17.2. The van der Waals surface area contributed by atoms with E-state index in [4.69, 9.17) is 26.1 Å². The zero-order valence-corrected chi connectivity index (χ0v) is 16.0. The lowest BCUT2D eigenvalue weighted by molar-refractivity contribution is 0.323. The number of ether oxygens (including phenoxy) is 2. The van der Waals surface area contributed by atoms with Crippen molar-refractivity contribution in [2.75, 3.05) is 14.2 Å². The summed E-state index contributed by atoms with van der Waals surface area (Å²) in [5.41, 5.74) is 3.45. The number of hydrogen-bond acceptors (Lipinski definition) is 4. The molecule has 0 radical (unpaired) electrons. The lowest BCUT2D eigenvalue weighted by Gasteiger charge is -2.19. The van der Waals surface area contributed by atoms with Gasteiger partial charge in [0.1, 0.15) is 11.3 Å². The van der Waals surface area contributed by atoms with Crippen molar-refractivity contribution in [3.05, 3.63) is 35.5 Å². The highest BCUT2D eigenvalue weighted by molar-refractivity contribution is 6.33. The average molecular weight is 372 g/mol. The Labute approximate surface area is 157 Å². The first-order chi connectivity index (χ1) is 12.7. The molecule has 6 heteroatoms. The molecule has 0 aliphatic heterocycles. The summed E-state index contributed by atoms with van der Waals surface area (Å²) in [5, 5.41) is 0.590. The Hall–Kier alpha value is -2.27. The van der Waals surface area contributed by atoms with E-state index in [2.05, 4.69) is 16.5 Å². The first-order valence-corrected chi connectivity index (χ1v) is 9.30. The molecule has 26 heavy (non-hydrogen) atoms. The average Bonchev–Trinajstić information content (AvgIpc) is 3.43. The van der Waals surface area contributed by atoms with Crippen molar-refractivity contribution in [3.63, 3.8) is 0 Å². The zero-order chi connectivity index (χ0) is 18.3. The van der Waals surface area contributed by atoms with Crippen LogP contribution in [0.2, 0.25) is 5.02 Å². The second kappa shape index (κ2) is 6.80. The van der Waals surface area contributed by atoms with Crippen LogP contribution in [0.1, 0.15) is 32.2 Å². The number of imidazole rings is 1. The Morgan fingerprint density at radius 1 is 1.23 bits per heavy atom. The standard InChI is InChI=1S/C20H22ClN3O2/c1-4-16(12-5-6-12)24-17-9-10-22-18(19(17)23-20(24)26-3)14-8-7-13(25-2)11-15(14)21/h7-12,16H,4-6H2,1-3H3. The molecule has 5 nitrogen and oxygen atoms in total. The molecule has 1 saturated carbocycles. The molecule has 0 bridgehead atoms. The fourth-order valence-corrected chi connectivity index (χ4v) is 3.95. The van der Waals surface area contributed by atoms with E-state index in [1.165, 1.54) is 12.8 Å². The third kappa shape index (κ3) is 2.80. The van der Waals surface area contributed by atoms with E-state index in [1.54, 1.807) is 20.3 Å². The fraction of sp³-hybridized carbons (Fsp3) is 0.400. The summed E-state index contributed by atoms with van der Waals surface area (Å²) in [6, 6.07) is 8.65. The van der Waals surface area contributed by atoms with Crippen LogP contribution in [0.25, 0.3) is 22.3 Å². The monoisotopic (exact) mass is 371 g/mol. The second-order valence-electron chi connectivity index (χ2n) is 6.65. The number of methoxy groups -OCH3 is 2. The smallest absolute Gasteiger partial charge is 0.297 e. The molecule has 0 spiro atoms. The van der Waals surface area contributed by atoms with Crippen molar-refractivity contribution in [3.8, 4) is 23.0 Å². The summed E-state index contributed by atoms with van der Waals surface area (Å²) in [4.78, 5) is 9.33. The van der Waals surface area contributed by atoms with Crippen molar-refractivity contribution >= 4 is 22.6 Å². The van der Waals surface area contributed by atoms with Gasteiger partial charge in [0.25, 0.3) is 6.01 Å². The maximum Gasteiger partial charge on any atom is 0.297 e. The number of aromatic nitrogens is 3. The van der Waals surface area contributed by atoms with Crippen LogP contribution in [0.3, 0.4) is 0 Å².